The summed E-state index contributed by atoms with van der Waals surface area (Å²) in [5.74, 6) is 0.670. The second-order valence-corrected chi connectivity index (χ2v) is 5.37. The standard InChI is InChI=1S/C16H16N4O2/c21-13-5-4-11(9-13)14-6-7-15(20-19-14)18-16(22)10-12-3-1-2-8-17-12/h1-3,6-8,11H,4-5,9-10H2,(H,18,20,22)/t11-/m0/s1. The number of hydrogen-bond donors (Lipinski definition) is 1. The van der Waals surface area contributed by atoms with Crippen molar-refractivity contribution in [3.8, 4) is 0 Å². The van der Waals surface area contributed by atoms with Crippen molar-refractivity contribution >= 4 is 17.5 Å². The third-order valence-corrected chi connectivity index (χ3v) is 3.68. The molecule has 1 atom stereocenters. The Morgan fingerprint density at radius 2 is 2.14 bits per heavy atom. The van der Waals surface area contributed by atoms with Gasteiger partial charge in [0.1, 0.15) is 5.78 Å². The zero-order chi connectivity index (χ0) is 15.4. The van der Waals surface area contributed by atoms with Gasteiger partial charge in [-0.15, -0.1) is 5.10 Å². The Hall–Kier alpha value is -2.63. The van der Waals surface area contributed by atoms with E-state index in [9.17, 15) is 9.59 Å². The number of Topliss-reactive ketones (excluding diaryl/α,β-unsaturated/α-hetero) is 1. The second-order valence-electron chi connectivity index (χ2n) is 5.37. The first-order chi connectivity index (χ1) is 10.7. The van der Waals surface area contributed by atoms with Crippen molar-refractivity contribution in [3.05, 3.63) is 47.9 Å². The molecule has 0 aromatic carbocycles. The number of pyridine rings is 1. The smallest absolute Gasteiger partial charge is 0.231 e. The molecule has 6 heteroatoms. The number of rotatable bonds is 4. The van der Waals surface area contributed by atoms with Crippen LogP contribution < -0.4 is 5.32 Å². The van der Waals surface area contributed by atoms with Gasteiger partial charge in [0.15, 0.2) is 5.82 Å². The van der Waals surface area contributed by atoms with Gasteiger partial charge in [0, 0.05) is 30.7 Å². The number of ketones is 1. The van der Waals surface area contributed by atoms with Gasteiger partial charge in [-0.25, -0.2) is 0 Å². The number of nitrogens with one attached hydrogen (secondary N) is 1. The molecule has 0 unspecified atom stereocenters. The Labute approximate surface area is 128 Å². The van der Waals surface area contributed by atoms with Gasteiger partial charge < -0.3 is 5.32 Å². The van der Waals surface area contributed by atoms with Crippen molar-refractivity contribution in [2.24, 2.45) is 0 Å². The number of amides is 1. The molecular weight excluding hydrogens is 280 g/mol. The minimum Gasteiger partial charge on any atom is -0.309 e. The van der Waals surface area contributed by atoms with Crippen molar-refractivity contribution in [2.45, 2.75) is 31.6 Å². The molecule has 2 heterocycles. The third-order valence-electron chi connectivity index (χ3n) is 3.68. The molecule has 1 amide bonds. The molecule has 0 saturated heterocycles. The normalized spacial score (nSPS) is 17.5. The Balaban J connectivity index is 1.59. The highest BCUT2D eigenvalue weighted by molar-refractivity contribution is 5.91. The maximum Gasteiger partial charge on any atom is 0.231 e. The molecule has 6 nitrogen and oxygen atoms in total. The lowest BCUT2D eigenvalue weighted by Crippen LogP contribution is -2.16. The quantitative estimate of drug-likeness (QED) is 0.931. The van der Waals surface area contributed by atoms with Crippen LogP contribution in [-0.4, -0.2) is 26.9 Å². The van der Waals surface area contributed by atoms with Crippen LogP contribution in [-0.2, 0) is 16.0 Å². The highest BCUT2D eigenvalue weighted by Gasteiger charge is 2.24. The van der Waals surface area contributed by atoms with E-state index in [0.717, 1.165) is 12.1 Å². The average Bonchev–Trinajstić information content (AvgIpc) is 2.95. The molecule has 1 fully saturated rings. The van der Waals surface area contributed by atoms with Crippen LogP contribution in [0.5, 0.6) is 0 Å². The zero-order valence-corrected chi connectivity index (χ0v) is 12.0. The fraction of sp³-hybridized carbons (Fsp3) is 0.312. The van der Waals surface area contributed by atoms with Gasteiger partial charge >= 0.3 is 0 Å². The number of aromatic nitrogens is 3. The molecule has 1 aliphatic carbocycles. The van der Waals surface area contributed by atoms with Crippen molar-refractivity contribution in [2.75, 3.05) is 5.32 Å². The Kier molecular flexibility index (Phi) is 4.18. The van der Waals surface area contributed by atoms with E-state index in [1.165, 1.54) is 0 Å². The molecular formula is C16H16N4O2. The van der Waals surface area contributed by atoms with E-state index in [4.69, 9.17) is 0 Å². The first-order valence-electron chi connectivity index (χ1n) is 7.26. The number of hydrogen-bond acceptors (Lipinski definition) is 5. The van der Waals surface area contributed by atoms with Crippen LogP contribution in [0.25, 0.3) is 0 Å². The molecule has 0 aliphatic heterocycles. The monoisotopic (exact) mass is 296 g/mol. The summed E-state index contributed by atoms with van der Waals surface area (Å²) in [4.78, 5) is 27.3. The molecule has 0 radical (unpaired) electrons. The third kappa shape index (κ3) is 3.52. The fourth-order valence-corrected chi connectivity index (χ4v) is 2.55. The lowest BCUT2D eigenvalue weighted by atomic mass is 10.0. The van der Waals surface area contributed by atoms with Crippen molar-refractivity contribution < 1.29 is 9.59 Å². The van der Waals surface area contributed by atoms with E-state index < -0.39 is 0 Å². The maximum atomic E-state index is 11.9. The van der Waals surface area contributed by atoms with Gasteiger partial charge in [-0.3, -0.25) is 14.6 Å². The zero-order valence-electron chi connectivity index (χ0n) is 12.0. The minimum atomic E-state index is -0.184. The Morgan fingerprint density at radius 1 is 1.23 bits per heavy atom. The van der Waals surface area contributed by atoms with Crippen LogP contribution in [0.1, 0.15) is 36.6 Å². The van der Waals surface area contributed by atoms with Crippen molar-refractivity contribution in [1.29, 1.82) is 0 Å². The summed E-state index contributed by atoms with van der Waals surface area (Å²) in [6.45, 7) is 0. The second kappa shape index (κ2) is 6.43. The van der Waals surface area contributed by atoms with Crippen molar-refractivity contribution in [3.63, 3.8) is 0 Å². The van der Waals surface area contributed by atoms with Crippen LogP contribution in [0, 0.1) is 0 Å². The number of carbonyl (C=O) groups is 2. The largest absolute Gasteiger partial charge is 0.309 e. The van der Waals surface area contributed by atoms with E-state index in [-0.39, 0.29) is 24.0 Å². The van der Waals surface area contributed by atoms with Crippen LogP contribution in [0.3, 0.4) is 0 Å². The summed E-state index contributed by atoms with van der Waals surface area (Å²) < 4.78 is 0. The highest BCUT2D eigenvalue weighted by atomic mass is 16.1. The van der Waals surface area contributed by atoms with Crippen LogP contribution in [0.15, 0.2) is 36.5 Å². The molecule has 1 aliphatic rings. The number of carbonyl (C=O) groups excluding carboxylic acids is 2. The lowest BCUT2D eigenvalue weighted by Gasteiger charge is -2.08. The lowest BCUT2D eigenvalue weighted by molar-refractivity contribution is -0.117. The predicted molar refractivity (Wildman–Crippen MR) is 80.2 cm³/mol. The number of nitrogens with zero attached hydrogens (tertiary/aromatic N) is 3. The molecule has 1 N–H and O–H groups in total. The SMILES string of the molecule is O=C1CC[C@H](c2ccc(NC(=O)Cc3ccccn3)nn2)C1. The summed E-state index contributed by atoms with van der Waals surface area (Å²) in [7, 11) is 0. The van der Waals surface area contributed by atoms with Crippen LogP contribution >= 0.6 is 0 Å². The van der Waals surface area contributed by atoms with Crippen molar-refractivity contribution in [1.82, 2.24) is 15.2 Å². The summed E-state index contributed by atoms with van der Waals surface area (Å²) in [5.41, 5.74) is 1.52. The number of anilines is 1. The van der Waals surface area contributed by atoms with Gasteiger partial charge in [0.2, 0.25) is 5.91 Å². The van der Waals surface area contributed by atoms with Gasteiger partial charge in [-0.1, -0.05) is 6.07 Å². The predicted octanol–water partition coefficient (Wildman–Crippen LogP) is 1.89. The Bertz CT molecular complexity index is 670. The highest BCUT2D eigenvalue weighted by Crippen LogP contribution is 2.30. The molecule has 112 valence electrons. The summed E-state index contributed by atoms with van der Waals surface area (Å²) in [6.07, 6.45) is 3.84. The first kappa shape index (κ1) is 14.3. The van der Waals surface area contributed by atoms with Gasteiger partial charge in [-0.2, -0.15) is 5.10 Å². The minimum absolute atomic E-state index is 0.165. The topological polar surface area (TPSA) is 84.8 Å². The average molecular weight is 296 g/mol. The summed E-state index contributed by atoms with van der Waals surface area (Å²) in [5, 5.41) is 10.8. The van der Waals surface area contributed by atoms with E-state index >= 15 is 0 Å². The van der Waals surface area contributed by atoms with Crippen LogP contribution in [0.2, 0.25) is 0 Å². The van der Waals surface area contributed by atoms with E-state index in [2.05, 4.69) is 20.5 Å². The molecule has 2 aromatic heterocycles. The van der Waals surface area contributed by atoms with Gasteiger partial charge in [0.05, 0.1) is 12.1 Å². The molecule has 22 heavy (non-hydrogen) atoms. The van der Waals surface area contributed by atoms with Crippen LogP contribution in [0.4, 0.5) is 5.82 Å². The fourth-order valence-electron chi connectivity index (χ4n) is 2.55. The molecule has 0 bridgehead atoms. The molecule has 0 spiro atoms. The van der Waals surface area contributed by atoms with Gasteiger partial charge in [0.25, 0.3) is 0 Å². The molecule has 3 rings (SSSR count). The summed E-state index contributed by atoms with van der Waals surface area (Å²) in [6, 6.07) is 8.99. The van der Waals surface area contributed by atoms with E-state index in [1.807, 2.05) is 12.1 Å². The molecule has 1 saturated carbocycles. The summed E-state index contributed by atoms with van der Waals surface area (Å²) >= 11 is 0. The van der Waals surface area contributed by atoms with E-state index in [1.54, 1.807) is 24.4 Å². The Morgan fingerprint density at radius 3 is 2.77 bits per heavy atom. The first-order valence-corrected chi connectivity index (χ1v) is 7.26. The molecule has 2 aromatic rings. The van der Waals surface area contributed by atoms with Gasteiger partial charge in [-0.05, 0) is 30.7 Å². The maximum absolute atomic E-state index is 11.9. The van der Waals surface area contributed by atoms with E-state index in [0.29, 0.717) is 24.4 Å².